The van der Waals surface area contributed by atoms with Crippen molar-refractivity contribution >= 4 is 9.84 Å². The Hall–Kier alpha value is -0.130. The summed E-state index contributed by atoms with van der Waals surface area (Å²) < 4.78 is 23.4. The topological polar surface area (TPSA) is 49.4 Å². The first-order valence-corrected chi connectivity index (χ1v) is 8.96. The summed E-state index contributed by atoms with van der Waals surface area (Å²) in [5.41, 5.74) is -0.117. The summed E-state index contributed by atoms with van der Waals surface area (Å²) >= 11 is 0. The SMILES string of the molecule is CCC1CCN(C2(C)CCS(=O)(=O)C2)CCCN1. The summed E-state index contributed by atoms with van der Waals surface area (Å²) in [4.78, 5) is 2.43. The molecule has 2 rings (SSSR count). The van der Waals surface area contributed by atoms with Crippen molar-refractivity contribution in [2.75, 3.05) is 31.1 Å². The van der Waals surface area contributed by atoms with Crippen molar-refractivity contribution in [3.8, 4) is 0 Å². The van der Waals surface area contributed by atoms with Crippen LogP contribution in [0.3, 0.4) is 0 Å². The zero-order chi connectivity index (χ0) is 13.2. The van der Waals surface area contributed by atoms with Crippen LogP contribution < -0.4 is 5.32 Å². The van der Waals surface area contributed by atoms with Crippen LogP contribution in [0.5, 0.6) is 0 Å². The van der Waals surface area contributed by atoms with E-state index in [4.69, 9.17) is 0 Å². The van der Waals surface area contributed by atoms with Gasteiger partial charge in [-0.1, -0.05) is 6.92 Å². The highest BCUT2D eigenvalue weighted by atomic mass is 32.2. The molecule has 106 valence electrons. The summed E-state index contributed by atoms with van der Waals surface area (Å²) in [7, 11) is -2.80. The van der Waals surface area contributed by atoms with Gasteiger partial charge in [0.05, 0.1) is 11.5 Å². The molecule has 1 N–H and O–H groups in total. The molecule has 0 aromatic heterocycles. The molecule has 0 spiro atoms. The van der Waals surface area contributed by atoms with E-state index in [1.807, 2.05) is 0 Å². The molecule has 0 amide bonds. The van der Waals surface area contributed by atoms with Crippen molar-refractivity contribution in [3.05, 3.63) is 0 Å². The maximum atomic E-state index is 11.7. The molecule has 0 bridgehead atoms. The monoisotopic (exact) mass is 274 g/mol. The Balaban J connectivity index is 2.03. The van der Waals surface area contributed by atoms with Crippen molar-refractivity contribution in [1.29, 1.82) is 0 Å². The quantitative estimate of drug-likeness (QED) is 0.817. The molecule has 2 aliphatic heterocycles. The minimum Gasteiger partial charge on any atom is -0.314 e. The third kappa shape index (κ3) is 3.25. The van der Waals surface area contributed by atoms with Crippen LogP contribution in [0.25, 0.3) is 0 Å². The van der Waals surface area contributed by atoms with Gasteiger partial charge in [-0.15, -0.1) is 0 Å². The number of nitrogens with zero attached hydrogens (tertiary/aromatic N) is 1. The van der Waals surface area contributed by atoms with Crippen LogP contribution in [0.4, 0.5) is 0 Å². The molecule has 2 fully saturated rings. The van der Waals surface area contributed by atoms with Crippen molar-refractivity contribution in [1.82, 2.24) is 10.2 Å². The average Bonchev–Trinajstić information content (AvgIpc) is 2.54. The van der Waals surface area contributed by atoms with Gasteiger partial charge in [0.15, 0.2) is 9.84 Å². The normalized spacial score (nSPS) is 38.2. The van der Waals surface area contributed by atoms with Crippen LogP contribution >= 0.6 is 0 Å². The van der Waals surface area contributed by atoms with E-state index in [9.17, 15) is 8.42 Å². The molecule has 2 saturated heterocycles. The first-order valence-electron chi connectivity index (χ1n) is 7.14. The lowest BCUT2D eigenvalue weighted by Gasteiger charge is -2.40. The summed E-state index contributed by atoms with van der Waals surface area (Å²) in [6.45, 7) is 7.45. The second-order valence-electron chi connectivity index (χ2n) is 6.03. The van der Waals surface area contributed by atoms with E-state index < -0.39 is 9.84 Å². The molecule has 2 aliphatic rings. The van der Waals surface area contributed by atoms with Gasteiger partial charge in [-0.05, 0) is 45.7 Å². The molecule has 0 aromatic rings. The van der Waals surface area contributed by atoms with Gasteiger partial charge in [-0.2, -0.15) is 0 Å². The van der Waals surface area contributed by atoms with E-state index in [2.05, 4.69) is 24.1 Å². The summed E-state index contributed by atoms with van der Waals surface area (Å²) in [5, 5.41) is 3.57. The maximum Gasteiger partial charge on any atom is 0.152 e. The van der Waals surface area contributed by atoms with Gasteiger partial charge in [0.25, 0.3) is 0 Å². The number of sulfone groups is 1. The Bertz CT molecular complexity index is 382. The van der Waals surface area contributed by atoms with Gasteiger partial charge in [0.1, 0.15) is 0 Å². The van der Waals surface area contributed by atoms with E-state index in [0.717, 1.165) is 45.3 Å². The average molecular weight is 274 g/mol. The standard InChI is InChI=1S/C13H26N2O2S/c1-3-12-5-9-15(8-4-7-14-12)13(2)6-10-18(16,17)11-13/h12,14H,3-11H2,1-2H3. The summed E-state index contributed by atoms with van der Waals surface area (Å²) in [6.07, 6.45) is 4.21. The molecular formula is C13H26N2O2S. The molecule has 0 aliphatic carbocycles. The lowest BCUT2D eigenvalue weighted by Crippen LogP contribution is -2.51. The predicted molar refractivity (Wildman–Crippen MR) is 74.6 cm³/mol. The highest BCUT2D eigenvalue weighted by Crippen LogP contribution is 2.30. The minimum absolute atomic E-state index is 0.117. The fourth-order valence-electron chi connectivity index (χ4n) is 3.23. The van der Waals surface area contributed by atoms with Crippen LogP contribution in [0, 0.1) is 0 Å². The molecule has 18 heavy (non-hydrogen) atoms. The van der Waals surface area contributed by atoms with Gasteiger partial charge < -0.3 is 5.32 Å². The van der Waals surface area contributed by atoms with E-state index in [1.165, 1.54) is 0 Å². The zero-order valence-electron chi connectivity index (χ0n) is 11.6. The van der Waals surface area contributed by atoms with Gasteiger partial charge in [-0.3, -0.25) is 4.90 Å². The van der Waals surface area contributed by atoms with Gasteiger partial charge >= 0.3 is 0 Å². The maximum absolute atomic E-state index is 11.7. The van der Waals surface area contributed by atoms with Crippen molar-refractivity contribution in [3.63, 3.8) is 0 Å². The van der Waals surface area contributed by atoms with Crippen LogP contribution in [-0.4, -0.2) is 56.0 Å². The molecule has 2 unspecified atom stereocenters. The summed E-state index contributed by atoms with van der Waals surface area (Å²) in [6, 6.07) is 0.592. The van der Waals surface area contributed by atoms with E-state index in [1.54, 1.807) is 0 Å². The van der Waals surface area contributed by atoms with E-state index in [0.29, 0.717) is 17.5 Å². The fourth-order valence-corrected chi connectivity index (χ4v) is 5.40. The predicted octanol–water partition coefficient (Wildman–Crippen LogP) is 1.03. The van der Waals surface area contributed by atoms with Crippen LogP contribution in [-0.2, 0) is 9.84 Å². The van der Waals surface area contributed by atoms with E-state index in [-0.39, 0.29) is 5.54 Å². The Kier molecular flexibility index (Phi) is 4.34. The molecule has 2 atom stereocenters. The molecule has 0 radical (unpaired) electrons. The van der Waals surface area contributed by atoms with Gasteiger partial charge in [-0.25, -0.2) is 8.42 Å². The largest absolute Gasteiger partial charge is 0.314 e. The van der Waals surface area contributed by atoms with Gasteiger partial charge in [0.2, 0.25) is 0 Å². The molecule has 0 saturated carbocycles. The zero-order valence-corrected chi connectivity index (χ0v) is 12.4. The molecule has 5 heteroatoms. The minimum atomic E-state index is -2.80. The Morgan fingerprint density at radius 1 is 1.39 bits per heavy atom. The molecule has 0 aromatic carbocycles. The second-order valence-corrected chi connectivity index (χ2v) is 8.21. The van der Waals surface area contributed by atoms with Crippen molar-refractivity contribution in [2.24, 2.45) is 0 Å². The molecular weight excluding hydrogens is 248 g/mol. The first kappa shape index (κ1) is 14.3. The second kappa shape index (κ2) is 5.47. The Morgan fingerprint density at radius 2 is 2.17 bits per heavy atom. The third-order valence-electron chi connectivity index (χ3n) is 4.52. The van der Waals surface area contributed by atoms with Crippen LogP contribution in [0.15, 0.2) is 0 Å². The molecule has 2 heterocycles. The highest BCUT2D eigenvalue weighted by molar-refractivity contribution is 7.91. The lowest BCUT2D eigenvalue weighted by molar-refractivity contribution is 0.109. The van der Waals surface area contributed by atoms with E-state index >= 15 is 0 Å². The highest BCUT2D eigenvalue weighted by Gasteiger charge is 2.42. The number of rotatable bonds is 2. The van der Waals surface area contributed by atoms with Crippen molar-refractivity contribution in [2.45, 2.75) is 51.1 Å². The number of hydrogen-bond donors (Lipinski definition) is 1. The lowest BCUT2D eigenvalue weighted by atomic mass is 9.97. The van der Waals surface area contributed by atoms with Crippen LogP contribution in [0.2, 0.25) is 0 Å². The summed E-state index contributed by atoms with van der Waals surface area (Å²) in [5.74, 6) is 0.722. The Morgan fingerprint density at radius 3 is 2.78 bits per heavy atom. The fraction of sp³-hybridized carbons (Fsp3) is 1.00. The smallest absolute Gasteiger partial charge is 0.152 e. The number of hydrogen-bond acceptors (Lipinski definition) is 4. The first-order chi connectivity index (χ1) is 8.45. The van der Waals surface area contributed by atoms with Gasteiger partial charge in [0, 0.05) is 18.1 Å². The van der Waals surface area contributed by atoms with Crippen molar-refractivity contribution < 1.29 is 8.42 Å². The number of nitrogens with one attached hydrogen (secondary N) is 1. The third-order valence-corrected chi connectivity index (χ3v) is 6.41. The van der Waals surface area contributed by atoms with Crippen LogP contribution in [0.1, 0.15) is 39.5 Å². The molecule has 4 nitrogen and oxygen atoms in total. The Labute approximate surface area is 111 Å².